The van der Waals surface area contributed by atoms with Crippen LogP contribution in [0, 0.1) is 0 Å². The molecule has 0 amide bonds. The Hall–Kier alpha value is -1.02. The van der Waals surface area contributed by atoms with E-state index in [1.807, 2.05) is 37.4 Å². The molecule has 5 nitrogen and oxygen atoms in total. The Morgan fingerprint density at radius 3 is 2.52 bits per heavy atom. The van der Waals surface area contributed by atoms with Gasteiger partial charge in [0.1, 0.15) is 5.75 Å². The Balaban J connectivity index is 0.00000312. The van der Waals surface area contributed by atoms with Gasteiger partial charge in [-0.2, -0.15) is 0 Å². The molecular formula is C19H33IN4O. The summed E-state index contributed by atoms with van der Waals surface area (Å²) in [5.74, 6) is 1.80. The van der Waals surface area contributed by atoms with Crippen LogP contribution in [-0.4, -0.2) is 57.2 Å². The van der Waals surface area contributed by atoms with Crippen molar-refractivity contribution in [3.05, 3.63) is 30.3 Å². The van der Waals surface area contributed by atoms with Gasteiger partial charge in [0.05, 0.1) is 6.61 Å². The van der Waals surface area contributed by atoms with Crippen LogP contribution in [0.3, 0.4) is 0 Å². The van der Waals surface area contributed by atoms with Gasteiger partial charge in [-0.05, 0) is 38.4 Å². The monoisotopic (exact) mass is 460 g/mol. The van der Waals surface area contributed by atoms with Gasteiger partial charge < -0.3 is 20.3 Å². The molecule has 2 N–H and O–H groups in total. The number of para-hydroxylation sites is 1. The first kappa shape index (κ1) is 22.0. The molecule has 1 aliphatic rings. The Labute approximate surface area is 169 Å². The molecule has 0 bridgehead atoms. The lowest BCUT2D eigenvalue weighted by atomic mass is 10.2. The van der Waals surface area contributed by atoms with Crippen LogP contribution in [0.25, 0.3) is 0 Å². The zero-order chi connectivity index (χ0) is 17.0. The van der Waals surface area contributed by atoms with Gasteiger partial charge in [0.2, 0.25) is 0 Å². The Bertz CT molecular complexity index is 478. The van der Waals surface area contributed by atoms with Gasteiger partial charge in [0.15, 0.2) is 5.96 Å². The fourth-order valence-electron chi connectivity index (χ4n) is 3.08. The summed E-state index contributed by atoms with van der Waals surface area (Å²) in [4.78, 5) is 6.75. The van der Waals surface area contributed by atoms with Gasteiger partial charge >= 0.3 is 0 Å². The normalized spacial score (nSPS) is 15.1. The quantitative estimate of drug-likeness (QED) is 0.257. The number of rotatable bonds is 9. The van der Waals surface area contributed by atoms with E-state index in [1.54, 1.807) is 0 Å². The highest BCUT2D eigenvalue weighted by molar-refractivity contribution is 14.0. The Kier molecular flexibility index (Phi) is 11.6. The molecule has 0 heterocycles. The van der Waals surface area contributed by atoms with Gasteiger partial charge in [0, 0.05) is 32.7 Å². The number of halogens is 1. The highest BCUT2D eigenvalue weighted by atomic mass is 127. The first-order chi connectivity index (χ1) is 11.8. The van der Waals surface area contributed by atoms with Crippen LogP contribution < -0.4 is 15.4 Å². The molecule has 6 heteroatoms. The maximum atomic E-state index is 5.68. The second-order valence-corrected chi connectivity index (χ2v) is 6.36. The molecule has 1 saturated carbocycles. The SMILES string of the molecule is CN=C(NCCCOc1ccccc1)NCCN(C)C1CCCC1.I. The molecule has 1 aromatic rings. The number of nitrogens with one attached hydrogen (secondary N) is 2. The summed E-state index contributed by atoms with van der Waals surface area (Å²) in [5, 5.41) is 6.73. The van der Waals surface area contributed by atoms with Crippen molar-refractivity contribution in [1.29, 1.82) is 0 Å². The minimum absolute atomic E-state index is 0. The van der Waals surface area contributed by atoms with Crippen molar-refractivity contribution in [2.45, 2.75) is 38.1 Å². The van der Waals surface area contributed by atoms with E-state index < -0.39 is 0 Å². The molecule has 1 fully saturated rings. The molecule has 0 atom stereocenters. The molecule has 142 valence electrons. The zero-order valence-corrected chi connectivity index (χ0v) is 17.9. The average Bonchev–Trinajstić information content (AvgIpc) is 3.15. The van der Waals surface area contributed by atoms with E-state index in [-0.39, 0.29) is 24.0 Å². The summed E-state index contributed by atoms with van der Waals surface area (Å²) >= 11 is 0. The predicted molar refractivity (Wildman–Crippen MR) is 116 cm³/mol. The van der Waals surface area contributed by atoms with E-state index in [2.05, 4.69) is 27.6 Å². The molecule has 0 aromatic heterocycles. The van der Waals surface area contributed by atoms with Crippen molar-refractivity contribution >= 4 is 29.9 Å². The van der Waals surface area contributed by atoms with E-state index >= 15 is 0 Å². The van der Waals surface area contributed by atoms with Crippen molar-refractivity contribution in [3.63, 3.8) is 0 Å². The number of guanidine groups is 1. The largest absolute Gasteiger partial charge is 0.494 e. The highest BCUT2D eigenvalue weighted by Crippen LogP contribution is 2.21. The summed E-state index contributed by atoms with van der Waals surface area (Å²) in [7, 11) is 4.05. The molecule has 2 rings (SSSR count). The van der Waals surface area contributed by atoms with E-state index in [9.17, 15) is 0 Å². The Morgan fingerprint density at radius 1 is 1.16 bits per heavy atom. The maximum absolute atomic E-state index is 5.68. The lowest BCUT2D eigenvalue weighted by molar-refractivity contribution is 0.249. The number of likely N-dealkylation sites (N-methyl/N-ethyl adjacent to an activating group) is 1. The molecule has 0 radical (unpaired) electrons. The number of nitrogens with zero attached hydrogens (tertiary/aromatic N) is 2. The highest BCUT2D eigenvalue weighted by Gasteiger charge is 2.18. The van der Waals surface area contributed by atoms with Crippen LogP contribution in [0.1, 0.15) is 32.1 Å². The lowest BCUT2D eigenvalue weighted by Crippen LogP contribution is -2.42. The molecule has 0 unspecified atom stereocenters. The maximum Gasteiger partial charge on any atom is 0.191 e. The topological polar surface area (TPSA) is 48.9 Å². The molecule has 1 aromatic carbocycles. The van der Waals surface area contributed by atoms with E-state index in [4.69, 9.17) is 4.74 Å². The number of ether oxygens (including phenoxy) is 1. The van der Waals surface area contributed by atoms with Crippen molar-refractivity contribution in [2.24, 2.45) is 4.99 Å². The fourth-order valence-corrected chi connectivity index (χ4v) is 3.08. The second kappa shape index (κ2) is 13.2. The van der Waals surface area contributed by atoms with E-state index in [0.717, 1.165) is 43.8 Å². The zero-order valence-electron chi connectivity index (χ0n) is 15.5. The number of hydrogen-bond donors (Lipinski definition) is 2. The smallest absolute Gasteiger partial charge is 0.191 e. The first-order valence-corrected chi connectivity index (χ1v) is 9.12. The van der Waals surface area contributed by atoms with Gasteiger partial charge in [-0.3, -0.25) is 4.99 Å². The van der Waals surface area contributed by atoms with Crippen LogP contribution in [-0.2, 0) is 0 Å². The van der Waals surface area contributed by atoms with Crippen LogP contribution in [0.15, 0.2) is 35.3 Å². The van der Waals surface area contributed by atoms with Crippen LogP contribution in [0.2, 0.25) is 0 Å². The van der Waals surface area contributed by atoms with Gasteiger partial charge in [-0.15, -0.1) is 24.0 Å². The fraction of sp³-hybridized carbons (Fsp3) is 0.632. The average molecular weight is 460 g/mol. The summed E-state index contributed by atoms with van der Waals surface area (Å²) in [6.45, 7) is 3.54. The standard InChI is InChI=1S/C19H32N4O.HI/c1-20-19(22-14-15-23(2)17-9-6-7-10-17)21-13-8-16-24-18-11-4-3-5-12-18;/h3-5,11-12,17H,6-10,13-16H2,1-2H3,(H2,20,21,22);1H. The third kappa shape index (κ3) is 8.76. The molecule has 0 aliphatic heterocycles. The third-order valence-corrected chi connectivity index (χ3v) is 4.55. The summed E-state index contributed by atoms with van der Waals surface area (Å²) in [6.07, 6.45) is 6.42. The van der Waals surface area contributed by atoms with Crippen LogP contribution >= 0.6 is 24.0 Å². The van der Waals surface area contributed by atoms with E-state index in [0.29, 0.717) is 6.61 Å². The van der Waals surface area contributed by atoms with Crippen molar-refractivity contribution in [2.75, 3.05) is 40.3 Å². The predicted octanol–water partition coefficient (Wildman–Crippen LogP) is 3.11. The Morgan fingerprint density at radius 2 is 1.84 bits per heavy atom. The minimum atomic E-state index is 0. The lowest BCUT2D eigenvalue weighted by Gasteiger charge is -2.24. The first-order valence-electron chi connectivity index (χ1n) is 9.12. The van der Waals surface area contributed by atoms with Crippen molar-refractivity contribution in [3.8, 4) is 5.75 Å². The van der Waals surface area contributed by atoms with Gasteiger partial charge in [0.25, 0.3) is 0 Å². The second-order valence-electron chi connectivity index (χ2n) is 6.36. The third-order valence-electron chi connectivity index (χ3n) is 4.55. The number of hydrogen-bond acceptors (Lipinski definition) is 3. The van der Waals surface area contributed by atoms with Gasteiger partial charge in [-0.1, -0.05) is 31.0 Å². The van der Waals surface area contributed by atoms with Crippen molar-refractivity contribution < 1.29 is 4.74 Å². The molecule has 0 saturated heterocycles. The summed E-state index contributed by atoms with van der Waals surface area (Å²) in [6, 6.07) is 10.7. The molecule has 25 heavy (non-hydrogen) atoms. The number of aliphatic imine (C=N–C) groups is 1. The summed E-state index contributed by atoms with van der Waals surface area (Å²) in [5.41, 5.74) is 0. The summed E-state index contributed by atoms with van der Waals surface area (Å²) < 4.78 is 5.68. The molecule has 0 spiro atoms. The van der Waals surface area contributed by atoms with Crippen LogP contribution in [0.4, 0.5) is 0 Å². The number of benzene rings is 1. The minimum Gasteiger partial charge on any atom is -0.494 e. The van der Waals surface area contributed by atoms with Gasteiger partial charge in [-0.25, -0.2) is 0 Å². The molecular weight excluding hydrogens is 427 g/mol. The van der Waals surface area contributed by atoms with Crippen molar-refractivity contribution in [1.82, 2.24) is 15.5 Å². The molecule has 1 aliphatic carbocycles. The van der Waals surface area contributed by atoms with Crippen LogP contribution in [0.5, 0.6) is 5.75 Å². The van der Waals surface area contributed by atoms with E-state index in [1.165, 1.54) is 25.7 Å².